The quantitative estimate of drug-likeness (QED) is 0.648. The molecule has 0 radical (unpaired) electrons. The third-order valence-corrected chi connectivity index (χ3v) is 3.39. The number of carboxylic acid groups (broad SMARTS) is 1. The van der Waals surface area contributed by atoms with Crippen LogP contribution < -0.4 is 4.74 Å². The molecule has 0 bridgehead atoms. The summed E-state index contributed by atoms with van der Waals surface area (Å²) >= 11 is 0. The van der Waals surface area contributed by atoms with Crippen LogP contribution in [0.1, 0.15) is 43.6 Å². The fourth-order valence-corrected chi connectivity index (χ4v) is 2.26. The average molecular weight is 328 g/mol. The largest absolute Gasteiger partial charge is 0.488 e. The van der Waals surface area contributed by atoms with E-state index in [9.17, 15) is 19.5 Å². The maximum atomic E-state index is 12.0. The number of ketones is 1. The molecule has 0 fully saturated rings. The Labute approximate surface area is 138 Å². The lowest BCUT2D eigenvalue weighted by molar-refractivity contribution is 0.0577. The molecule has 0 saturated heterocycles. The predicted molar refractivity (Wildman–Crippen MR) is 85.5 cm³/mol. The number of Topliss-reactive ketones (excluding diaryl/α,β-unsaturated/α-hetero) is 1. The predicted octanol–water partition coefficient (Wildman–Crippen LogP) is 2.95. The highest BCUT2D eigenvalue weighted by molar-refractivity contribution is 6.12. The summed E-state index contributed by atoms with van der Waals surface area (Å²) in [6, 6.07) is 11.9. The molecule has 2 aromatic carbocycles. The van der Waals surface area contributed by atoms with Crippen LogP contribution >= 0.6 is 0 Å². The van der Waals surface area contributed by atoms with Crippen LogP contribution in [0.2, 0.25) is 0 Å². The second-order valence-electron chi connectivity index (χ2n) is 4.99. The lowest BCUT2D eigenvalue weighted by atomic mass is 9.97. The first kappa shape index (κ1) is 17.2. The topological polar surface area (TPSA) is 89.9 Å². The van der Waals surface area contributed by atoms with E-state index < -0.39 is 17.7 Å². The van der Waals surface area contributed by atoms with Crippen LogP contribution in [0.25, 0.3) is 0 Å². The molecule has 0 heterocycles. The zero-order valence-electron chi connectivity index (χ0n) is 13.2. The maximum Gasteiger partial charge on any atom is 0.340 e. The minimum Gasteiger partial charge on any atom is -0.488 e. The normalized spacial score (nSPS) is 10.1. The highest BCUT2D eigenvalue weighted by atomic mass is 16.5. The Kier molecular flexibility index (Phi) is 5.31. The molecule has 0 saturated carbocycles. The fraction of sp³-hybridized carbons (Fsp3) is 0.167. The molecule has 0 atom stereocenters. The zero-order chi connectivity index (χ0) is 17.7. The van der Waals surface area contributed by atoms with Crippen molar-refractivity contribution in [3.63, 3.8) is 0 Å². The number of carboxylic acids is 1. The van der Waals surface area contributed by atoms with Gasteiger partial charge in [0.05, 0.1) is 12.7 Å². The average Bonchev–Trinajstić information content (AvgIpc) is 2.58. The molecule has 6 nitrogen and oxygen atoms in total. The first-order chi connectivity index (χ1) is 11.5. The standard InChI is InChI=1S/C18H16O6/c1-11(19)13-8-9-14(24-10-12-6-4-3-5-7-12)16(17(20)21)15(13)18(22)23-2/h3-9H,10H2,1-2H3,(H,20,21). The van der Waals surface area contributed by atoms with E-state index in [1.165, 1.54) is 19.1 Å². The molecule has 124 valence electrons. The Morgan fingerprint density at radius 1 is 1.00 bits per heavy atom. The van der Waals surface area contributed by atoms with Crippen molar-refractivity contribution in [2.45, 2.75) is 13.5 Å². The van der Waals surface area contributed by atoms with Gasteiger partial charge in [-0.1, -0.05) is 30.3 Å². The van der Waals surface area contributed by atoms with Crippen LogP contribution in [0.4, 0.5) is 0 Å². The molecule has 2 rings (SSSR count). The van der Waals surface area contributed by atoms with Crippen LogP contribution in [-0.2, 0) is 11.3 Å². The van der Waals surface area contributed by atoms with E-state index in [4.69, 9.17) is 4.74 Å². The van der Waals surface area contributed by atoms with E-state index in [0.29, 0.717) is 0 Å². The van der Waals surface area contributed by atoms with Gasteiger partial charge in [-0.15, -0.1) is 0 Å². The number of rotatable bonds is 6. The number of carbonyl (C=O) groups excluding carboxylic acids is 2. The van der Waals surface area contributed by atoms with Gasteiger partial charge in [-0.2, -0.15) is 0 Å². The highest BCUT2D eigenvalue weighted by Crippen LogP contribution is 2.28. The third-order valence-electron chi connectivity index (χ3n) is 3.39. The van der Waals surface area contributed by atoms with Crippen molar-refractivity contribution in [1.29, 1.82) is 0 Å². The molecule has 0 aliphatic heterocycles. The van der Waals surface area contributed by atoms with E-state index in [-0.39, 0.29) is 29.0 Å². The van der Waals surface area contributed by atoms with Gasteiger partial charge < -0.3 is 14.6 Å². The molecule has 1 N–H and O–H groups in total. The van der Waals surface area contributed by atoms with Gasteiger partial charge >= 0.3 is 11.9 Å². The van der Waals surface area contributed by atoms with Crippen molar-refractivity contribution in [3.8, 4) is 5.75 Å². The molecular weight excluding hydrogens is 312 g/mol. The lowest BCUT2D eigenvalue weighted by Crippen LogP contribution is -2.17. The summed E-state index contributed by atoms with van der Waals surface area (Å²) in [6.45, 7) is 1.37. The maximum absolute atomic E-state index is 12.0. The SMILES string of the molecule is COC(=O)c1c(C(C)=O)ccc(OCc2ccccc2)c1C(=O)O. The summed E-state index contributed by atoms with van der Waals surface area (Å²) < 4.78 is 10.2. The van der Waals surface area contributed by atoms with Crippen LogP contribution in [-0.4, -0.2) is 29.9 Å². The molecule has 6 heteroatoms. The zero-order valence-corrected chi connectivity index (χ0v) is 13.2. The number of carbonyl (C=O) groups is 3. The van der Waals surface area contributed by atoms with E-state index >= 15 is 0 Å². The van der Waals surface area contributed by atoms with Crippen molar-refractivity contribution >= 4 is 17.7 Å². The van der Waals surface area contributed by atoms with Gasteiger partial charge in [0.15, 0.2) is 5.78 Å². The minimum absolute atomic E-state index is 0.00301. The van der Waals surface area contributed by atoms with Gasteiger partial charge in [0.2, 0.25) is 0 Å². The molecule has 0 unspecified atom stereocenters. The highest BCUT2D eigenvalue weighted by Gasteiger charge is 2.27. The van der Waals surface area contributed by atoms with Gasteiger partial charge in [-0.3, -0.25) is 4.79 Å². The van der Waals surface area contributed by atoms with Crippen molar-refractivity contribution < 1.29 is 29.0 Å². The number of hydrogen-bond donors (Lipinski definition) is 1. The Hall–Kier alpha value is -3.15. The summed E-state index contributed by atoms with van der Waals surface area (Å²) in [7, 11) is 1.12. The molecular formula is C18H16O6. The van der Waals surface area contributed by atoms with Crippen LogP contribution in [0.15, 0.2) is 42.5 Å². The van der Waals surface area contributed by atoms with Gasteiger partial charge in [-0.25, -0.2) is 9.59 Å². The van der Waals surface area contributed by atoms with Crippen molar-refractivity contribution in [3.05, 3.63) is 64.7 Å². The number of benzene rings is 2. The lowest BCUT2D eigenvalue weighted by Gasteiger charge is -2.14. The van der Waals surface area contributed by atoms with E-state index in [1.807, 2.05) is 30.3 Å². The fourth-order valence-electron chi connectivity index (χ4n) is 2.26. The number of methoxy groups -OCH3 is 1. The summed E-state index contributed by atoms with van der Waals surface area (Å²) in [4.78, 5) is 35.4. The molecule has 0 amide bonds. The van der Waals surface area contributed by atoms with E-state index in [0.717, 1.165) is 12.7 Å². The van der Waals surface area contributed by atoms with Gasteiger partial charge in [-0.05, 0) is 24.6 Å². The Morgan fingerprint density at radius 2 is 1.67 bits per heavy atom. The summed E-state index contributed by atoms with van der Waals surface area (Å²) in [6.07, 6.45) is 0. The molecule has 0 aliphatic carbocycles. The molecule has 0 spiro atoms. The van der Waals surface area contributed by atoms with E-state index in [1.54, 1.807) is 0 Å². The number of esters is 1. The smallest absolute Gasteiger partial charge is 0.340 e. The Bertz CT molecular complexity index is 780. The third kappa shape index (κ3) is 3.60. The Morgan fingerprint density at radius 3 is 2.21 bits per heavy atom. The first-order valence-corrected chi connectivity index (χ1v) is 7.12. The number of aromatic carboxylic acids is 1. The van der Waals surface area contributed by atoms with Gasteiger partial charge in [0.25, 0.3) is 0 Å². The van der Waals surface area contributed by atoms with E-state index in [2.05, 4.69) is 4.74 Å². The first-order valence-electron chi connectivity index (χ1n) is 7.12. The van der Waals surface area contributed by atoms with Gasteiger partial charge in [0, 0.05) is 5.56 Å². The number of ether oxygens (including phenoxy) is 2. The summed E-state index contributed by atoms with van der Waals surface area (Å²) in [5.74, 6) is -2.71. The summed E-state index contributed by atoms with van der Waals surface area (Å²) in [5.41, 5.74) is 0.129. The molecule has 0 aliphatic rings. The van der Waals surface area contributed by atoms with Crippen molar-refractivity contribution in [2.24, 2.45) is 0 Å². The van der Waals surface area contributed by atoms with Crippen molar-refractivity contribution in [2.75, 3.05) is 7.11 Å². The second-order valence-corrected chi connectivity index (χ2v) is 4.99. The Balaban J connectivity index is 2.50. The minimum atomic E-state index is -1.37. The second kappa shape index (κ2) is 7.41. The van der Waals surface area contributed by atoms with Crippen molar-refractivity contribution in [1.82, 2.24) is 0 Å². The molecule has 24 heavy (non-hydrogen) atoms. The molecule has 2 aromatic rings. The number of hydrogen-bond acceptors (Lipinski definition) is 5. The summed E-state index contributed by atoms with van der Waals surface area (Å²) in [5, 5.41) is 9.50. The monoisotopic (exact) mass is 328 g/mol. The van der Waals surface area contributed by atoms with Crippen LogP contribution in [0.5, 0.6) is 5.75 Å². The van der Waals surface area contributed by atoms with Crippen LogP contribution in [0, 0.1) is 0 Å². The molecule has 0 aromatic heterocycles. The van der Waals surface area contributed by atoms with Crippen LogP contribution in [0.3, 0.4) is 0 Å². The van der Waals surface area contributed by atoms with Gasteiger partial charge in [0.1, 0.15) is 17.9 Å².